The van der Waals surface area contributed by atoms with E-state index in [9.17, 15) is 34.1 Å². The van der Waals surface area contributed by atoms with Crippen molar-refractivity contribution in [2.75, 3.05) is 19.8 Å². The van der Waals surface area contributed by atoms with E-state index in [1.807, 2.05) is 0 Å². The molecule has 0 saturated heterocycles. The molecule has 12 heteroatoms. The lowest BCUT2D eigenvalue weighted by Gasteiger charge is -2.18. The fraction of sp³-hybridized carbons (Fsp3) is 0.894. The van der Waals surface area contributed by atoms with Crippen LogP contribution in [0.3, 0.4) is 0 Å². The molecular formula is C47H90NO10P. The number of amides is 1. The number of hydrogen-bond acceptors (Lipinski definition) is 8. The first-order chi connectivity index (χ1) is 28.6. The summed E-state index contributed by atoms with van der Waals surface area (Å²) in [7, 11) is -4.76. The predicted octanol–water partition coefficient (Wildman–Crippen LogP) is 12.8. The van der Waals surface area contributed by atoms with Crippen LogP contribution in [0.5, 0.6) is 0 Å². The SMILES string of the molecule is CCCCCCCCC/C=C\CCCCCCCC(=O)OCC(O)COP(=O)(O)OCC(NC(=O)CCCCCCCCCCCCCCCCCCCCC)C(=O)O. The van der Waals surface area contributed by atoms with Gasteiger partial charge in [-0.05, 0) is 38.5 Å². The van der Waals surface area contributed by atoms with Gasteiger partial charge in [0.15, 0.2) is 6.04 Å². The summed E-state index contributed by atoms with van der Waals surface area (Å²) < 4.78 is 26.9. The topological polar surface area (TPSA) is 169 Å². The minimum absolute atomic E-state index is 0.151. The average Bonchev–Trinajstić information content (AvgIpc) is 3.21. The quantitative estimate of drug-likeness (QED) is 0.0200. The van der Waals surface area contributed by atoms with Crippen LogP contribution >= 0.6 is 7.82 Å². The molecule has 4 N–H and O–H groups in total. The van der Waals surface area contributed by atoms with Crippen LogP contribution in [-0.4, -0.2) is 64.9 Å². The van der Waals surface area contributed by atoms with Crippen LogP contribution in [0.25, 0.3) is 0 Å². The van der Waals surface area contributed by atoms with Gasteiger partial charge in [-0.3, -0.25) is 18.6 Å². The molecule has 0 spiro atoms. The minimum atomic E-state index is -4.76. The molecule has 3 unspecified atom stereocenters. The summed E-state index contributed by atoms with van der Waals surface area (Å²) in [6.07, 6.45) is 43.7. The second-order valence-electron chi connectivity index (χ2n) is 16.7. The van der Waals surface area contributed by atoms with Crippen LogP contribution in [0.2, 0.25) is 0 Å². The molecule has 0 rings (SSSR count). The van der Waals surface area contributed by atoms with E-state index in [0.29, 0.717) is 12.8 Å². The summed E-state index contributed by atoms with van der Waals surface area (Å²) >= 11 is 0. The first-order valence-electron chi connectivity index (χ1n) is 24.2. The van der Waals surface area contributed by atoms with E-state index in [1.54, 1.807) is 0 Å². The van der Waals surface area contributed by atoms with E-state index in [-0.39, 0.29) is 12.8 Å². The Morgan fingerprint density at radius 3 is 1.29 bits per heavy atom. The van der Waals surface area contributed by atoms with Crippen molar-refractivity contribution in [3.05, 3.63) is 12.2 Å². The van der Waals surface area contributed by atoms with E-state index in [1.165, 1.54) is 141 Å². The number of ether oxygens (including phenoxy) is 1. The lowest BCUT2D eigenvalue weighted by molar-refractivity contribution is -0.147. The Kier molecular flexibility index (Phi) is 41.6. The van der Waals surface area contributed by atoms with Crippen LogP contribution in [0.15, 0.2) is 12.2 Å². The Labute approximate surface area is 360 Å². The molecule has 0 aliphatic carbocycles. The van der Waals surface area contributed by atoms with Crippen molar-refractivity contribution in [2.45, 2.75) is 251 Å². The van der Waals surface area contributed by atoms with Crippen molar-refractivity contribution >= 4 is 25.7 Å². The van der Waals surface area contributed by atoms with Crippen molar-refractivity contribution in [2.24, 2.45) is 0 Å². The fourth-order valence-corrected chi connectivity index (χ4v) is 7.79. The summed E-state index contributed by atoms with van der Waals surface area (Å²) in [5.74, 6) is -2.36. The van der Waals surface area contributed by atoms with Gasteiger partial charge in [0.1, 0.15) is 12.7 Å². The summed E-state index contributed by atoms with van der Waals surface area (Å²) in [5, 5.41) is 21.9. The number of hydrogen-bond donors (Lipinski definition) is 4. The average molecular weight is 860 g/mol. The minimum Gasteiger partial charge on any atom is -0.480 e. The maximum atomic E-state index is 12.3. The third-order valence-electron chi connectivity index (χ3n) is 10.8. The van der Waals surface area contributed by atoms with E-state index >= 15 is 0 Å². The maximum Gasteiger partial charge on any atom is 0.472 e. The number of carboxylic acid groups (broad SMARTS) is 1. The molecule has 59 heavy (non-hydrogen) atoms. The number of carbonyl (C=O) groups excluding carboxylic acids is 2. The number of carboxylic acids is 1. The number of aliphatic carboxylic acids is 1. The summed E-state index contributed by atoms with van der Waals surface area (Å²) in [6, 6.07) is -1.54. The van der Waals surface area contributed by atoms with Gasteiger partial charge in [-0.25, -0.2) is 9.36 Å². The molecule has 0 aliphatic heterocycles. The van der Waals surface area contributed by atoms with Gasteiger partial charge in [-0.15, -0.1) is 0 Å². The van der Waals surface area contributed by atoms with Gasteiger partial charge in [0.05, 0.1) is 13.2 Å². The van der Waals surface area contributed by atoms with Crippen LogP contribution in [-0.2, 0) is 32.7 Å². The van der Waals surface area contributed by atoms with Crippen LogP contribution in [0, 0.1) is 0 Å². The van der Waals surface area contributed by atoms with Crippen LogP contribution < -0.4 is 5.32 Å². The highest BCUT2D eigenvalue weighted by Crippen LogP contribution is 2.43. The van der Waals surface area contributed by atoms with Crippen molar-refractivity contribution in [1.29, 1.82) is 0 Å². The van der Waals surface area contributed by atoms with Gasteiger partial charge in [0, 0.05) is 12.8 Å². The monoisotopic (exact) mass is 860 g/mol. The number of carbonyl (C=O) groups is 3. The zero-order valence-corrected chi connectivity index (χ0v) is 38.7. The molecule has 0 aromatic carbocycles. The zero-order chi connectivity index (χ0) is 43.5. The molecule has 3 atom stereocenters. The lowest BCUT2D eigenvalue weighted by Crippen LogP contribution is -2.43. The Bertz CT molecular complexity index is 1060. The second-order valence-corrected chi connectivity index (χ2v) is 18.1. The number of nitrogens with one attached hydrogen (secondary N) is 1. The van der Waals surface area contributed by atoms with Crippen molar-refractivity contribution in [3.63, 3.8) is 0 Å². The van der Waals surface area contributed by atoms with Crippen molar-refractivity contribution < 1.29 is 47.8 Å². The number of phosphoric acid groups is 1. The molecule has 0 fully saturated rings. The first-order valence-corrected chi connectivity index (χ1v) is 25.7. The number of rotatable bonds is 46. The molecular weight excluding hydrogens is 769 g/mol. The Morgan fingerprint density at radius 1 is 0.525 bits per heavy atom. The number of unbranched alkanes of at least 4 members (excludes halogenated alkanes) is 30. The molecule has 1 amide bonds. The van der Waals surface area contributed by atoms with Gasteiger partial charge in [0.2, 0.25) is 5.91 Å². The third kappa shape index (κ3) is 42.7. The molecule has 0 saturated carbocycles. The molecule has 0 aromatic rings. The first kappa shape index (κ1) is 57.2. The maximum absolute atomic E-state index is 12.3. The Balaban J connectivity index is 3.84. The second kappa shape index (κ2) is 42.9. The molecule has 348 valence electrons. The predicted molar refractivity (Wildman–Crippen MR) is 240 cm³/mol. The number of phosphoric ester groups is 1. The van der Waals surface area contributed by atoms with Gasteiger partial charge in [-0.2, -0.15) is 0 Å². The molecule has 0 heterocycles. The fourth-order valence-electron chi connectivity index (χ4n) is 7.02. The molecule has 0 aromatic heterocycles. The molecule has 0 aliphatic rings. The van der Waals surface area contributed by atoms with Gasteiger partial charge < -0.3 is 25.2 Å². The molecule has 11 nitrogen and oxygen atoms in total. The van der Waals surface area contributed by atoms with E-state index in [4.69, 9.17) is 13.8 Å². The Morgan fingerprint density at radius 2 is 0.881 bits per heavy atom. The highest BCUT2D eigenvalue weighted by Gasteiger charge is 2.28. The van der Waals surface area contributed by atoms with Gasteiger partial charge >= 0.3 is 19.8 Å². The third-order valence-corrected chi connectivity index (χ3v) is 11.8. The van der Waals surface area contributed by atoms with E-state index in [0.717, 1.165) is 57.8 Å². The van der Waals surface area contributed by atoms with Crippen molar-refractivity contribution in [3.8, 4) is 0 Å². The van der Waals surface area contributed by atoms with Crippen LogP contribution in [0.1, 0.15) is 239 Å². The highest BCUT2D eigenvalue weighted by molar-refractivity contribution is 7.47. The van der Waals surface area contributed by atoms with Crippen LogP contribution in [0.4, 0.5) is 0 Å². The molecule has 0 bridgehead atoms. The lowest BCUT2D eigenvalue weighted by atomic mass is 10.0. The standard InChI is InChI=1S/C47H90NO10P/c1-3-5-7-9-11-13-15-17-19-21-22-23-24-26-28-30-32-34-36-38-45(50)48-44(47(52)53)42-58-59(54,55)57-41-43(49)40-56-46(51)39-37-35-33-31-29-27-25-20-18-16-14-12-10-8-6-4-2/h20,25,43-44,49H,3-19,21-24,26-42H2,1-2H3,(H,48,50)(H,52,53)(H,54,55)/b25-20-. The van der Waals surface area contributed by atoms with E-state index in [2.05, 4.69) is 31.3 Å². The van der Waals surface area contributed by atoms with E-state index < -0.39 is 57.6 Å². The Hall–Kier alpha value is -1.78. The highest BCUT2D eigenvalue weighted by atomic mass is 31.2. The summed E-state index contributed by atoms with van der Waals surface area (Å²) in [6.45, 7) is 2.62. The largest absolute Gasteiger partial charge is 0.480 e. The number of esters is 1. The normalized spacial score (nSPS) is 13.7. The number of aliphatic hydroxyl groups is 1. The zero-order valence-electron chi connectivity index (χ0n) is 37.8. The van der Waals surface area contributed by atoms with Gasteiger partial charge in [-0.1, -0.05) is 199 Å². The number of aliphatic hydroxyl groups excluding tert-OH is 1. The molecule has 0 radical (unpaired) electrons. The number of allylic oxidation sites excluding steroid dienone is 2. The summed E-state index contributed by atoms with van der Waals surface area (Å²) in [4.78, 5) is 46.0. The summed E-state index contributed by atoms with van der Waals surface area (Å²) in [5.41, 5.74) is 0. The van der Waals surface area contributed by atoms with Gasteiger partial charge in [0.25, 0.3) is 0 Å². The van der Waals surface area contributed by atoms with Crippen molar-refractivity contribution in [1.82, 2.24) is 5.32 Å². The smallest absolute Gasteiger partial charge is 0.472 e.